The van der Waals surface area contributed by atoms with E-state index in [1.54, 1.807) is 17.5 Å². The van der Waals surface area contributed by atoms with Crippen molar-refractivity contribution in [1.29, 1.82) is 0 Å². The van der Waals surface area contributed by atoms with Gasteiger partial charge in [0.15, 0.2) is 11.5 Å². The standard InChI is InChI=1S/C17H12BrFN6OS/c1-8-21-12(7-27-8)11(6-26)15-23-16-13(18)14(22-17(20)25(16)24-15)9-2-4-10(19)5-3-9/h2-7,11H,1H3,(H2,20,22). The highest BCUT2D eigenvalue weighted by molar-refractivity contribution is 9.10. The third-order valence-electron chi connectivity index (χ3n) is 3.96. The number of rotatable bonds is 4. The van der Waals surface area contributed by atoms with Crippen LogP contribution in [-0.2, 0) is 4.79 Å². The van der Waals surface area contributed by atoms with E-state index in [1.165, 1.54) is 28.0 Å². The Morgan fingerprint density at radius 3 is 2.63 bits per heavy atom. The first kappa shape index (κ1) is 17.7. The minimum atomic E-state index is -0.699. The van der Waals surface area contributed by atoms with Crippen molar-refractivity contribution in [1.82, 2.24) is 24.6 Å². The topological polar surface area (TPSA) is 99.1 Å². The van der Waals surface area contributed by atoms with E-state index in [1.807, 2.05) is 6.92 Å². The molecule has 0 fully saturated rings. The number of thiazole rings is 1. The van der Waals surface area contributed by atoms with Gasteiger partial charge in [0, 0.05) is 10.9 Å². The van der Waals surface area contributed by atoms with Crippen molar-refractivity contribution in [2.24, 2.45) is 0 Å². The van der Waals surface area contributed by atoms with Crippen LogP contribution < -0.4 is 5.73 Å². The van der Waals surface area contributed by atoms with Crippen LogP contribution >= 0.6 is 27.3 Å². The summed E-state index contributed by atoms with van der Waals surface area (Å²) < 4.78 is 15.1. The fraction of sp³-hybridized carbons (Fsp3) is 0.118. The summed E-state index contributed by atoms with van der Waals surface area (Å²) in [4.78, 5) is 24.8. The maximum atomic E-state index is 13.2. The molecule has 136 valence electrons. The Morgan fingerprint density at radius 2 is 2.00 bits per heavy atom. The molecule has 7 nitrogen and oxygen atoms in total. The summed E-state index contributed by atoms with van der Waals surface area (Å²) in [5.74, 6) is -0.664. The molecule has 2 N–H and O–H groups in total. The van der Waals surface area contributed by atoms with E-state index in [0.717, 1.165) is 11.3 Å². The fourth-order valence-electron chi connectivity index (χ4n) is 2.66. The van der Waals surface area contributed by atoms with Gasteiger partial charge in [-0.2, -0.15) is 4.52 Å². The van der Waals surface area contributed by atoms with Crippen molar-refractivity contribution in [2.75, 3.05) is 5.73 Å². The highest BCUT2D eigenvalue weighted by Crippen LogP contribution is 2.32. The number of hydrogen-bond donors (Lipinski definition) is 1. The van der Waals surface area contributed by atoms with E-state index in [4.69, 9.17) is 5.73 Å². The smallest absolute Gasteiger partial charge is 0.223 e. The fourth-order valence-corrected chi connectivity index (χ4v) is 3.89. The van der Waals surface area contributed by atoms with Gasteiger partial charge in [-0.3, -0.25) is 0 Å². The first-order valence-corrected chi connectivity index (χ1v) is 9.50. The number of aryl methyl sites for hydroxylation is 1. The molecule has 10 heteroatoms. The number of carbonyl (C=O) groups excluding carboxylic acids is 1. The van der Waals surface area contributed by atoms with Gasteiger partial charge >= 0.3 is 0 Å². The number of halogens is 2. The molecule has 0 saturated heterocycles. The molecule has 0 saturated carbocycles. The molecule has 0 radical (unpaired) electrons. The molecule has 27 heavy (non-hydrogen) atoms. The van der Waals surface area contributed by atoms with Crippen LogP contribution in [0.2, 0.25) is 0 Å². The second-order valence-corrected chi connectivity index (χ2v) is 7.61. The van der Waals surface area contributed by atoms with Crippen LogP contribution in [0.4, 0.5) is 10.3 Å². The molecule has 0 amide bonds. The number of benzene rings is 1. The second kappa shape index (κ2) is 6.78. The Labute approximate surface area is 165 Å². The molecule has 3 aromatic heterocycles. The molecular formula is C17H12BrFN6OS. The van der Waals surface area contributed by atoms with Gasteiger partial charge in [-0.25, -0.2) is 19.3 Å². The summed E-state index contributed by atoms with van der Waals surface area (Å²) in [6.45, 7) is 1.86. The summed E-state index contributed by atoms with van der Waals surface area (Å²) in [5, 5.41) is 7.00. The molecular weight excluding hydrogens is 435 g/mol. The molecule has 0 spiro atoms. The maximum absolute atomic E-state index is 13.2. The van der Waals surface area contributed by atoms with Crippen molar-refractivity contribution in [2.45, 2.75) is 12.8 Å². The first-order chi connectivity index (χ1) is 13.0. The van der Waals surface area contributed by atoms with Gasteiger partial charge in [0.1, 0.15) is 18.0 Å². The predicted molar refractivity (Wildman–Crippen MR) is 103 cm³/mol. The third kappa shape index (κ3) is 3.10. The molecule has 1 atom stereocenters. The molecule has 0 aliphatic carbocycles. The SMILES string of the molecule is Cc1nc(C(C=O)c2nc3c(Br)c(-c4ccc(F)cc4)nc(N)n3n2)cs1. The number of aromatic nitrogens is 5. The molecule has 1 aromatic carbocycles. The maximum Gasteiger partial charge on any atom is 0.223 e. The quantitative estimate of drug-likeness (QED) is 0.482. The Morgan fingerprint density at radius 1 is 1.26 bits per heavy atom. The van der Waals surface area contributed by atoms with Crippen LogP contribution in [0.3, 0.4) is 0 Å². The second-order valence-electron chi connectivity index (χ2n) is 5.75. The highest BCUT2D eigenvalue weighted by Gasteiger charge is 2.24. The number of nitrogen functional groups attached to an aromatic ring is 1. The van der Waals surface area contributed by atoms with Crippen LogP contribution in [0.25, 0.3) is 16.9 Å². The van der Waals surface area contributed by atoms with E-state index in [2.05, 4.69) is 36.0 Å². The molecule has 4 aromatic rings. The molecule has 0 bridgehead atoms. The zero-order chi connectivity index (χ0) is 19.1. The molecule has 0 aliphatic heterocycles. The number of aldehydes is 1. The lowest BCUT2D eigenvalue weighted by Crippen LogP contribution is -2.07. The molecule has 4 rings (SSSR count). The monoisotopic (exact) mass is 446 g/mol. The lowest BCUT2D eigenvalue weighted by Gasteiger charge is -2.06. The summed E-state index contributed by atoms with van der Waals surface area (Å²) in [5.41, 5.74) is 8.22. The number of fused-ring (bicyclic) bond motifs is 1. The third-order valence-corrected chi connectivity index (χ3v) is 5.48. The van der Waals surface area contributed by atoms with Gasteiger partial charge in [0.2, 0.25) is 5.95 Å². The van der Waals surface area contributed by atoms with Crippen molar-refractivity contribution >= 4 is 45.1 Å². The minimum absolute atomic E-state index is 0.102. The largest absolute Gasteiger partial charge is 0.368 e. The Bertz CT molecular complexity index is 1160. The van der Waals surface area contributed by atoms with Gasteiger partial charge in [-0.1, -0.05) is 0 Å². The van der Waals surface area contributed by atoms with Crippen LogP contribution in [0.1, 0.15) is 22.4 Å². The van der Waals surface area contributed by atoms with Crippen LogP contribution in [0.15, 0.2) is 34.1 Å². The highest BCUT2D eigenvalue weighted by atomic mass is 79.9. The lowest BCUT2D eigenvalue weighted by atomic mass is 10.1. The summed E-state index contributed by atoms with van der Waals surface area (Å²) >= 11 is 4.93. The van der Waals surface area contributed by atoms with E-state index < -0.39 is 5.92 Å². The van der Waals surface area contributed by atoms with E-state index in [-0.39, 0.29) is 17.6 Å². The van der Waals surface area contributed by atoms with Crippen molar-refractivity contribution in [3.05, 3.63) is 56.5 Å². The number of nitrogens with two attached hydrogens (primary N) is 1. The van der Waals surface area contributed by atoms with Gasteiger partial charge < -0.3 is 10.5 Å². The normalized spacial score (nSPS) is 12.4. The average molecular weight is 447 g/mol. The number of anilines is 1. The number of hydrogen-bond acceptors (Lipinski definition) is 7. The first-order valence-electron chi connectivity index (χ1n) is 7.83. The average Bonchev–Trinajstić information content (AvgIpc) is 3.27. The number of carbonyl (C=O) groups is 1. The molecule has 1 unspecified atom stereocenters. The van der Waals surface area contributed by atoms with Crippen LogP contribution in [0.5, 0.6) is 0 Å². The molecule has 0 aliphatic rings. The lowest BCUT2D eigenvalue weighted by molar-refractivity contribution is -0.108. The Balaban J connectivity index is 1.87. The van der Waals surface area contributed by atoms with E-state index >= 15 is 0 Å². The summed E-state index contributed by atoms with van der Waals surface area (Å²) in [6, 6.07) is 5.88. The van der Waals surface area contributed by atoms with Gasteiger partial charge in [0.25, 0.3) is 0 Å². The van der Waals surface area contributed by atoms with E-state index in [9.17, 15) is 9.18 Å². The predicted octanol–water partition coefficient (Wildman–Crippen LogP) is 3.37. The van der Waals surface area contributed by atoms with Crippen LogP contribution in [-0.4, -0.2) is 30.9 Å². The summed E-state index contributed by atoms with van der Waals surface area (Å²) in [6.07, 6.45) is 0.752. The zero-order valence-electron chi connectivity index (χ0n) is 13.9. The Kier molecular flexibility index (Phi) is 4.44. The molecule has 3 heterocycles. The zero-order valence-corrected chi connectivity index (χ0v) is 16.3. The Hall–Kier alpha value is -2.72. The van der Waals surface area contributed by atoms with Gasteiger partial charge in [-0.15, -0.1) is 16.4 Å². The minimum Gasteiger partial charge on any atom is -0.368 e. The van der Waals surface area contributed by atoms with Crippen molar-refractivity contribution in [3.63, 3.8) is 0 Å². The van der Waals surface area contributed by atoms with E-state index in [0.29, 0.717) is 27.1 Å². The van der Waals surface area contributed by atoms with Gasteiger partial charge in [-0.05, 0) is 47.1 Å². The van der Waals surface area contributed by atoms with Crippen LogP contribution in [0, 0.1) is 12.7 Å². The number of nitrogens with zero attached hydrogens (tertiary/aromatic N) is 5. The van der Waals surface area contributed by atoms with Crippen molar-refractivity contribution in [3.8, 4) is 11.3 Å². The van der Waals surface area contributed by atoms with Crippen molar-refractivity contribution < 1.29 is 9.18 Å². The summed E-state index contributed by atoms with van der Waals surface area (Å²) in [7, 11) is 0. The van der Waals surface area contributed by atoms with Gasteiger partial charge in [0.05, 0.1) is 20.9 Å².